The Morgan fingerprint density at radius 1 is 1.32 bits per heavy atom. The number of urea groups is 1. The molecule has 2 rings (SSSR count). The van der Waals surface area contributed by atoms with Gasteiger partial charge in [0.05, 0.1) is 18.6 Å². The van der Waals surface area contributed by atoms with Crippen LogP contribution in [-0.4, -0.2) is 36.1 Å². The summed E-state index contributed by atoms with van der Waals surface area (Å²) < 4.78 is 5.04. The van der Waals surface area contributed by atoms with Crippen molar-refractivity contribution in [3.8, 4) is 0 Å². The fraction of sp³-hybridized carbons (Fsp3) is 0.529. The summed E-state index contributed by atoms with van der Waals surface area (Å²) in [6, 6.07) is 10.1. The molecule has 1 N–H and O–H groups in total. The van der Waals surface area contributed by atoms with Crippen LogP contribution >= 0.6 is 0 Å². The average molecular weight is 304 g/mol. The van der Waals surface area contributed by atoms with Crippen LogP contribution in [0.15, 0.2) is 30.3 Å². The molecule has 0 saturated carbocycles. The number of benzene rings is 1. The first-order chi connectivity index (χ1) is 10.6. The lowest BCUT2D eigenvalue weighted by Gasteiger charge is -2.25. The fourth-order valence-corrected chi connectivity index (χ4v) is 2.73. The van der Waals surface area contributed by atoms with Crippen molar-refractivity contribution in [3.05, 3.63) is 35.9 Å². The number of esters is 1. The normalized spacial score (nSPS) is 17.6. The van der Waals surface area contributed by atoms with Gasteiger partial charge in [0.1, 0.15) is 0 Å². The predicted octanol–water partition coefficient (Wildman–Crippen LogP) is 2.87. The topological polar surface area (TPSA) is 58.6 Å². The number of likely N-dealkylation sites (tertiary alicyclic amines) is 1. The second-order valence-corrected chi connectivity index (χ2v) is 5.78. The summed E-state index contributed by atoms with van der Waals surface area (Å²) in [6.07, 6.45) is 2.06. The second-order valence-electron chi connectivity index (χ2n) is 5.78. The minimum atomic E-state index is -0.281. The van der Waals surface area contributed by atoms with Crippen LogP contribution in [0.1, 0.15) is 44.7 Å². The van der Waals surface area contributed by atoms with Crippen molar-refractivity contribution in [2.75, 3.05) is 13.1 Å². The molecular weight excluding hydrogens is 280 g/mol. The van der Waals surface area contributed by atoms with Crippen molar-refractivity contribution in [1.29, 1.82) is 0 Å². The lowest BCUT2D eigenvalue weighted by molar-refractivity contribution is -0.147. The Labute approximate surface area is 131 Å². The second kappa shape index (κ2) is 7.82. The van der Waals surface area contributed by atoms with Gasteiger partial charge in [0.15, 0.2) is 0 Å². The molecule has 1 aliphatic heterocycles. The van der Waals surface area contributed by atoms with Gasteiger partial charge in [0.25, 0.3) is 0 Å². The summed E-state index contributed by atoms with van der Waals surface area (Å²) >= 11 is 0. The molecule has 0 spiro atoms. The molecule has 1 saturated heterocycles. The fourth-order valence-electron chi connectivity index (χ4n) is 2.73. The zero-order valence-corrected chi connectivity index (χ0v) is 13.2. The maximum Gasteiger partial charge on any atom is 0.317 e. The third kappa shape index (κ3) is 4.48. The Bertz CT molecular complexity index is 502. The monoisotopic (exact) mass is 304 g/mol. The lowest BCUT2D eigenvalue weighted by Crippen LogP contribution is -2.40. The average Bonchev–Trinajstić information content (AvgIpc) is 2.96. The molecule has 22 heavy (non-hydrogen) atoms. The van der Waals surface area contributed by atoms with E-state index in [-0.39, 0.29) is 30.6 Å². The minimum Gasteiger partial charge on any atom is -0.463 e. The first-order valence-corrected chi connectivity index (χ1v) is 7.87. The molecule has 5 heteroatoms. The van der Waals surface area contributed by atoms with Gasteiger partial charge in [-0.15, -0.1) is 0 Å². The number of nitrogens with zero attached hydrogens (tertiary/aromatic N) is 1. The van der Waals surface area contributed by atoms with E-state index in [2.05, 4.69) is 17.4 Å². The van der Waals surface area contributed by atoms with E-state index in [0.29, 0.717) is 6.54 Å². The molecule has 2 amide bonds. The molecular formula is C17H24N2O3. The molecule has 0 radical (unpaired) electrons. The first kappa shape index (κ1) is 16.3. The molecule has 0 unspecified atom stereocenters. The van der Waals surface area contributed by atoms with Crippen molar-refractivity contribution in [1.82, 2.24) is 10.2 Å². The quantitative estimate of drug-likeness (QED) is 0.851. The van der Waals surface area contributed by atoms with E-state index in [1.165, 1.54) is 0 Å². The highest BCUT2D eigenvalue weighted by molar-refractivity contribution is 5.76. The van der Waals surface area contributed by atoms with Crippen LogP contribution < -0.4 is 5.32 Å². The molecule has 0 aliphatic carbocycles. The SMILES string of the molecule is CC(C)OC(=O)CCNC(=O)N1CCC[C@H]1c1ccccc1. The molecule has 0 bridgehead atoms. The van der Waals surface area contributed by atoms with Crippen molar-refractivity contribution in [2.45, 2.75) is 45.3 Å². The van der Waals surface area contributed by atoms with Gasteiger partial charge in [0, 0.05) is 13.1 Å². The number of hydrogen-bond acceptors (Lipinski definition) is 3. The standard InChI is InChI=1S/C17H24N2O3/c1-13(2)22-16(20)10-11-18-17(21)19-12-6-9-15(19)14-7-4-3-5-8-14/h3-5,7-8,13,15H,6,9-12H2,1-2H3,(H,18,21)/t15-/m0/s1. The van der Waals surface area contributed by atoms with Gasteiger partial charge >= 0.3 is 12.0 Å². The van der Waals surface area contributed by atoms with Gasteiger partial charge in [0.2, 0.25) is 0 Å². The predicted molar refractivity (Wildman–Crippen MR) is 84.4 cm³/mol. The van der Waals surface area contributed by atoms with E-state index in [4.69, 9.17) is 4.74 Å². The van der Waals surface area contributed by atoms with Crippen molar-refractivity contribution < 1.29 is 14.3 Å². The molecule has 1 aliphatic rings. The number of ether oxygens (including phenoxy) is 1. The number of carbonyl (C=O) groups excluding carboxylic acids is 2. The van der Waals surface area contributed by atoms with Crippen molar-refractivity contribution in [2.24, 2.45) is 0 Å². The van der Waals surface area contributed by atoms with Gasteiger partial charge in [-0.25, -0.2) is 4.79 Å². The molecule has 1 heterocycles. The first-order valence-electron chi connectivity index (χ1n) is 7.87. The maximum absolute atomic E-state index is 12.3. The molecule has 1 aromatic rings. The van der Waals surface area contributed by atoms with Crippen molar-refractivity contribution >= 4 is 12.0 Å². The van der Waals surface area contributed by atoms with Gasteiger partial charge in [-0.1, -0.05) is 30.3 Å². The van der Waals surface area contributed by atoms with Gasteiger partial charge in [-0.3, -0.25) is 4.79 Å². The summed E-state index contributed by atoms with van der Waals surface area (Å²) in [5.74, 6) is -0.281. The van der Waals surface area contributed by atoms with E-state index < -0.39 is 0 Å². The van der Waals surface area contributed by atoms with E-state index in [1.807, 2.05) is 36.9 Å². The zero-order chi connectivity index (χ0) is 15.9. The van der Waals surface area contributed by atoms with E-state index in [0.717, 1.165) is 24.9 Å². The van der Waals surface area contributed by atoms with Gasteiger partial charge in [-0.2, -0.15) is 0 Å². The third-order valence-corrected chi connectivity index (χ3v) is 3.67. The van der Waals surface area contributed by atoms with Crippen LogP contribution in [0.3, 0.4) is 0 Å². The Hall–Kier alpha value is -2.04. The Balaban J connectivity index is 1.83. The highest BCUT2D eigenvalue weighted by Gasteiger charge is 2.29. The van der Waals surface area contributed by atoms with E-state index >= 15 is 0 Å². The summed E-state index contributed by atoms with van der Waals surface area (Å²) in [5, 5.41) is 2.81. The van der Waals surface area contributed by atoms with Crippen LogP contribution in [0.2, 0.25) is 0 Å². The third-order valence-electron chi connectivity index (χ3n) is 3.67. The lowest BCUT2D eigenvalue weighted by atomic mass is 10.1. The minimum absolute atomic E-state index is 0.108. The summed E-state index contributed by atoms with van der Waals surface area (Å²) in [6.45, 7) is 4.68. The summed E-state index contributed by atoms with van der Waals surface area (Å²) in [4.78, 5) is 25.6. The number of carbonyl (C=O) groups is 2. The molecule has 1 atom stereocenters. The van der Waals surface area contributed by atoms with E-state index in [9.17, 15) is 9.59 Å². The highest BCUT2D eigenvalue weighted by Crippen LogP contribution is 2.31. The maximum atomic E-state index is 12.3. The Morgan fingerprint density at radius 2 is 2.05 bits per heavy atom. The van der Waals surface area contributed by atoms with Crippen LogP contribution in [0.25, 0.3) is 0 Å². The van der Waals surface area contributed by atoms with E-state index in [1.54, 1.807) is 0 Å². The molecule has 1 aromatic carbocycles. The number of nitrogens with one attached hydrogen (secondary N) is 1. The number of rotatable bonds is 5. The summed E-state index contributed by atoms with van der Waals surface area (Å²) in [7, 11) is 0. The smallest absolute Gasteiger partial charge is 0.317 e. The van der Waals surface area contributed by atoms with Gasteiger partial charge in [-0.05, 0) is 32.3 Å². The number of hydrogen-bond donors (Lipinski definition) is 1. The van der Waals surface area contributed by atoms with Crippen LogP contribution in [-0.2, 0) is 9.53 Å². The zero-order valence-electron chi connectivity index (χ0n) is 13.2. The molecule has 120 valence electrons. The largest absolute Gasteiger partial charge is 0.463 e. The Morgan fingerprint density at radius 3 is 2.73 bits per heavy atom. The Kier molecular flexibility index (Phi) is 5.81. The molecule has 0 aromatic heterocycles. The van der Waals surface area contributed by atoms with Crippen LogP contribution in [0.4, 0.5) is 4.79 Å². The van der Waals surface area contributed by atoms with Crippen LogP contribution in [0.5, 0.6) is 0 Å². The van der Waals surface area contributed by atoms with Gasteiger partial charge < -0.3 is 15.0 Å². The summed E-state index contributed by atoms with van der Waals surface area (Å²) in [5.41, 5.74) is 1.16. The molecule has 1 fully saturated rings. The van der Waals surface area contributed by atoms with Crippen molar-refractivity contribution in [3.63, 3.8) is 0 Å². The van der Waals surface area contributed by atoms with Crippen LogP contribution in [0, 0.1) is 0 Å². The molecule has 5 nitrogen and oxygen atoms in total. The number of amides is 2. The highest BCUT2D eigenvalue weighted by atomic mass is 16.5.